The van der Waals surface area contributed by atoms with Crippen LogP contribution < -0.4 is 15.6 Å². The number of amides is 1. The molecule has 1 aliphatic rings. The Labute approximate surface area is 170 Å². The molecule has 0 bridgehead atoms. The molecule has 2 aromatic heterocycles. The summed E-state index contributed by atoms with van der Waals surface area (Å²) in [6.45, 7) is 1.95. The van der Waals surface area contributed by atoms with Gasteiger partial charge < -0.3 is 14.6 Å². The van der Waals surface area contributed by atoms with Crippen LogP contribution in [0.4, 0.5) is 0 Å². The Balaban J connectivity index is 1.86. The lowest BCUT2D eigenvalue weighted by molar-refractivity contribution is 0.0929. The van der Waals surface area contributed by atoms with Crippen molar-refractivity contribution in [1.29, 1.82) is 0 Å². The van der Waals surface area contributed by atoms with E-state index in [1.807, 2.05) is 49.0 Å². The molecule has 1 amide bonds. The van der Waals surface area contributed by atoms with E-state index in [0.717, 1.165) is 36.8 Å². The van der Waals surface area contributed by atoms with E-state index in [2.05, 4.69) is 5.32 Å². The number of hydrogen-bond acceptors (Lipinski definition) is 3. The van der Waals surface area contributed by atoms with E-state index in [9.17, 15) is 9.59 Å². The van der Waals surface area contributed by atoms with Crippen LogP contribution in [0.2, 0.25) is 0 Å². The van der Waals surface area contributed by atoms with E-state index in [4.69, 9.17) is 4.74 Å². The van der Waals surface area contributed by atoms with E-state index in [1.54, 1.807) is 17.9 Å². The summed E-state index contributed by atoms with van der Waals surface area (Å²) in [6, 6.07) is 7.59. The molecule has 0 atom stereocenters. The topological polar surface area (TPSA) is 65.3 Å². The molecule has 152 valence electrons. The van der Waals surface area contributed by atoms with Gasteiger partial charge in [-0.2, -0.15) is 0 Å². The molecular weight excluding hydrogens is 366 g/mol. The number of methoxy groups -OCH3 is 1. The smallest absolute Gasteiger partial charge is 0.265 e. The van der Waals surface area contributed by atoms with Crippen molar-refractivity contribution >= 4 is 16.8 Å². The van der Waals surface area contributed by atoms with Crippen molar-refractivity contribution in [2.24, 2.45) is 7.05 Å². The highest BCUT2D eigenvalue weighted by Crippen LogP contribution is 2.26. The Morgan fingerprint density at radius 3 is 2.59 bits per heavy atom. The minimum atomic E-state index is -0.218. The highest BCUT2D eigenvalue weighted by Gasteiger charge is 2.23. The lowest BCUT2D eigenvalue weighted by Crippen LogP contribution is -2.36. The van der Waals surface area contributed by atoms with Crippen molar-refractivity contribution in [3.05, 3.63) is 58.1 Å². The number of nitrogens with one attached hydrogen (secondary N) is 1. The molecule has 2 heterocycles. The van der Waals surface area contributed by atoms with Gasteiger partial charge in [-0.3, -0.25) is 14.2 Å². The zero-order valence-corrected chi connectivity index (χ0v) is 17.2. The Hall–Kier alpha value is -3.02. The summed E-state index contributed by atoms with van der Waals surface area (Å²) in [4.78, 5) is 26.6. The fourth-order valence-electron chi connectivity index (χ4n) is 4.44. The predicted octanol–water partition coefficient (Wildman–Crippen LogP) is 3.71. The van der Waals surface area contributed by atoms with Gasteiger partial charge in [0.05, 0.1) is 29.3 Å². The molecular formula is C23H27N3O3. The maximum absolute atomic E-state index is 13.5. The van der Waals surface area contributed by atoms with Gasteiger partial charge in [-0.1, -0.05) is 31.4 Å². The zero-order valence-electron chi connectivity index (χ0n) is 17.2. The monoisotopic (exact) mass is 393 g/mol. The third-order valence-corrected chi connectivity index (χ3v) is 5.84. The normalized spacial score (nSPS) is 14.9. The van der Waals surface area contributed by atoms with Crippen LogP contribution in [0.15, 0.2) is 41.5 Å². The minimum Gasteiger partial charge on any atom is -0.495 e. The van der Waals surface area contributed by atoms with Crippen molar-refractivity contribution in [2.45, 2.75) is 45.1 Å². The van der Waals surface area contributed by atoms with Crippen molar-refractivity contribution in [1.82, 2.24) is 14.5 Å². The SMILES string of the molecule is COc1ccccc1-n1cc(C)c2c(c(C(=O)NC3CCCCC3)cn2C)c1=O. The van der Waals surface area contributed by atoms with E-state index in [0.29, 0.717) is 22.4 Å². The first-order chi connectivity index (χ1) is 14.0. The van der Waals surface area contributed by atoms with Crippen molar-refractivity contribution in [2.75, 3.05) is 7.11 Å². The number of aryl methyl sites for hydroxylation is 2. The molecule has 3 aromatic rings. The fraction of sp³-hybridized carbons (Fsp3) is 0.391. The van der Waals surface area contributed by atoms with Crippen LogP contribution in [0.3, 0.4) is 0 Å². The van der Waals surface area contributed by atoms with Gasteiger partial charge in [-0.15, -0.1) is 0 Å². The zero-order chi connectivity index (χ0) is 20.5. The quantitative estimate of drug-likeness (QED) is 0.735. The maximum atomic E-state index is 13.5. The van der Waals surface area contributed by atoms with Gasteiger partial charge in [0.1, 0.15) is 5.75 Å². The van der Waals surface area contributed by atoms with Crippen molar-refractivity contribution in [3.8, 4) is 11.4 Å². The lowest BCUT2D eigenvalue weighted by Gasteiger charge is -2.22. The third kappa shape index (κ3) is 3.43. The van der Waals surface area contributed by atoms with Crippen LogP contribution in [-0.4, -0.2) is 28.2 Å². The second-order valence-corrected chi connectivity index (χ2v) is 7.84. The van der Waals surface area contributed by atoms with E-state index < -0.39 is 0 Å². The van der Waals surface area contributed by atoms with Crippen molar-refractivity contribution in [3.63, 3.8) is 0 Å². The molecule has 4 rings (SSSR count). The van der Waals surface area contributed by atoms with Gasteiger partial charge in [0.15, 0.2) is 0 Å². The number of carbonyl (C=O) groups is 1. The van der Waals surface area contributed by atoms with Crippen LogP contribution in [-0.2, 0) is 7.05 Å². The summed E-state index contributed by atoms with van der Waals surface area (Å²) in [5, 5.41) is 3.59. The molecule has 1 N–H and O–H groups in total. The largest absolute Gasteiger partial charge is 0.495 e. The van der Waals surface area contributed by atoms with Gasteiger partial charge in [-0.25, -0.2) is 0 Å². The number of para-hydroxylation sites is 2. The number of carbonyl (C=O) groups excluding carboxylic acids is 1. The first kappa shape index (κ1) is 19.3. The molecule has 0 unspecified atom stereocenters. The number of pyridine rings is 1. The molecule has 0 saturated heterocycles. The Morgan fingerprint density at radius 2 is 1.86 bits per heavy atom. The van der Waals surface area contributed by atoms with Crippen LogP contribution >= 0.6 is 0 Å². The average Bonchev–Trinajstić information content (AvgIpc) is 3.09. The van der Waals surface area contributed by atoms with Gasteiger partial charge in [0.25, 0.3) is 11.5 Å². The van der Waals surface area contributed by atoms with E-state index in [1.165, 1.54) is 6.42 Å². The van der Waals surface area contributed by atoms with Crippen LogP contribution in [0.25, 0.3) is 16.6 Å². The number of nitrogens with zero attached hydrogens (tertiary/aromatic N) is 2. The molecule has 0 radical (unpaired) electrons. The maximum Gasteiger partial charge on any atom is 0.265 e. The molecule has 1 aliphatic carbocycles. The van der Waals surface area contributed by atoms with Gasteiger partial charge >= 0.3 is 0 Å². The number of aromatic nitrogens is 2. The Morgan fingerprint density at radius 1 is 1.14 bits per heavy atom. The average molecular weight is 393 g/mol. The summed E-state index contributed by atoms with van der Waals surface area (Å²) < 4.78 is 8.89. The van der Waals surface area contributed by atoms with Crippen molar-refractivity contribution < 1.29 is 9.53 Å². The van der Waals surface area contributed by atoms with Gasteiger partial charge in [-0.05, 0) is 37.5 Å². The predicted molar refractivity (Wildman–Crippen MR) is 114 cm³/mol. The number of ether oxygens (including phenoxy) is 1. The summed E-state index contributed by atoms with van der Waals surface area (Å²) in [5.74, 6) is 0.439. The van der Waals surface area contributed by atoms with Crippen LogP contribution in [0, 0.1) is 6.92 Å². The summed E-state index contributed by atoms with van der Waals surface area (Å²) in [6.07, 6.45) is 9.08. The molecule has 1 fully saturated rings. The number of benzene rings is 1. The number of fused-ring (bicyclic) bond motifs is 1. The molecule has 1 aromatic carbocycles. The number of rotatable bonds is 4. The minimum absolute atomic E-state index is 0.170. The molecule has 0 aliphatic heterocycles. The van der Waals surface area contributed by atoms with Crippen LogP contribution in [0.1, 0.15) is 48.0 Å². The highest BCUT2D eigenvalue weighted by atomic mass is 16.5. The van der Waals surface area contributed by atoms with Crippen LogP contribution in [0.5, 0.6) is 5.75 Å². The standard InChI is InChI=1S/C23H27N3O3/c1-15-13-26(18-11-7-8-12-19(18)29-3)23(28)20-17(14-25(2)21(15)20)22(27)24-16-9-5-4-6-10-16/h7-8,11-14,16H,4-6,9-10H2,1-3H3,(H,24,27). The van der Waals surface area contributed by atoms with Gasteiger partial charge in [0, 0.05) is 25.5 Å². The Bertz CT molecular complexity index is 1120. The van der Waals surface area contributed by atoms with E-state index in [-0.39, 0.29) is 17.5 Å². The lowest BCUT2D eigenvalue weighted by atomic mass is 9.95. The summed E-state index contributed by atoms with van der Waals surface area (Å²) >= 11 is 0. The third-order valence-electron chi connectivity index (χ3n) is 5.84. The Kier molecular flexibility index (Phi) is 5.18. The molecule has 0 spiro atoms. The number of hydrogen-bond donors (Lipinski definition) is 1. The highest BCUT2D eigenvalue weighted by molar-refractivity contribution is 6.07. The first-order valence-electron chi connectivity index (χ1n) is 10.2. The second kappa shape index (κ2) is 7.78. The molecule has 1 saturated carbocycles. The molecule has 29 heavy (non-hydrogen) atoms. The molecule has 6 nitrogen and oxygen atoms in total. The first-order valence-corrected chi connectivity index (χ1v) is 10.2. The molecule has 6 heteroatoms. The summed E-state index contributed by atoms with van der Waals surface area (Å²) in [5.41, 5.74) is 2.59. The summed E-state index contributed by atoms with van der Waals surface area (Å²) in [7, 11) is 3.46. The van der Waals surface area contributed by atoms with Gasteiger partial charge in [0.2, 0.25) is 0 Å². The fourth-order valence-corrected chi connectivity index (χ4v) is 4.44. The van der Waals surface area contributed by atoms with E-state index >= 15 is 0 Å². The second-order valence-electron chi connectivity index (χ2n) is 7.84.